The summed E-state index contributed by atoms with van der Waals surface area (Å²) in [5.74, 6) is 0.499. The number of carbonyl (C=O) groups excluding carboxylic acids is 1. The van der Waals surface area contributed by atoms with Gasteiger partial charge in [0.15, 0.2) is 0 Å². The topological polar surface area (TPSA) is 53.7 Å². The van der Waals surface area contributed by atoms with Crippen molar-refractivity contribution in [3.63, 3.8) is 0 Å². The van der Waals surface area contributed by atoms with Gasteiger partial charge in [0, 0.05) is 49.7 Å². The average Bonchev–Trinajstić information content (AvgIpc) is 3.40. The van der Waals surface area contributed by atoms with E-state index in [4.69, 9.17) is 4.98 Å². The fourth-order valence-electron chi connectivity index (χ4n) is 5.94. The van der Waals surface area contributed by atoms with Crippen LogP contribution in [0.25, 0.3) is 17.0 Å². The third kappa shape index (κ3) is 4.42. The summed E-state index contributed by atoms with van der Waals surface area (Å²) in [5.41, 5.74) is 4.62. The van der Waals surface area contributed by atoms with Gasteiger partial charge >= 0.3 is 0 Å². The van der Waals surface area contributed by atoms with E-state index in [1.54, 1.807) is 24.4 Å². The summed E-state index contributed by atoms with van der Waals surface area (Å²) in [6.07, 6.45) is 6.83. The lowest BCUT2D eigenvalue weighted by atomic mass is 10.0. The molecule has 2 aliphatic heterocycles. The monoisotopic (exact) mass is 497 g/mol. The van der Waals surface area contributed by atoms with E-state index in [0.29, 0.717) is 30.8 Å². The second kappa shape index (κ2) is 9.71. The van der Waals surface area contributed by atoms with Crippen LogP contribution in [0.5, 0.6) is 0 Å². The van der Waals surface area contributed by atoms with Crippen LogP contribution in [0.15, 0.2) is 67.0 Å². The van der Waals surface area contributed by atoms with E-state index in [1.165, 1.54) is 11.6 Å². The first-order chi connectivity index (χ1) is 18.0. The number of aromatic nitrogens is 3. The van der Waals surface area contributed by atoms with Crippen LogP contribution < -0.4 is 0 Å². The van der Waals surface area contributed by atoms with E-state index in [9.17, 15) is 9.18 Å². The Hall–Kier alpha value is -3.58. The Morgan fingerprint density at radius 3 is 2.59 bits per heavy atom. The second-order valence-corrected chi connectivity index (χ2v) is 10.6. The van der Waals surface area contributed by atoms with Crippen LogP contribution in [-0.2, 0) is 6.54 Å². The van der Waals surface area contributed by atoms with Crippen molar-refractivity contribution in [2.75, 3.05) is 13.1 Å². The molecule has 6 rings (SSSR count). The Bertz CT molecular complexity index is 1430. The SMILES string of the molecule is CC(C)c1ccc(-c2nc3ncccn3c2CN2C3CCC2CN(C(=O)c2ccccc2F)CC3)cc1. The van der Waals surface area contributed by atoms with E-state index >= 15 is 0 Å². The molecule has 0 spiro atoms. The maximum Gasteiger partial charge on any atom is 0.256 e. The largest absolute Gasteiger partial charge is 0.337 e. The molecular weight excluding hydrogens is 465 g/mol. The van der Waals surface area contributed by atoms with Gasteiger partial charge in [-0.05, 0) is 48.9 Å². The van der Waals surface area contributed by atoms with E-state index < -0.39 is 5.82 Å². The van der Waals surface area contributed by atoms with Crippen molar-refractivity contribution >= 4 is 11.7 Å². The molecule has 0 N–H and O–H groups in total. The van der Waals surface area contributed by atoms with Gasteiger partial charge in [0.1, 0.15) is 5.82 Å². The number of carbonyl (C=O) groups is 1. The average molecular weight is 498 g/mol. The number of rotatable bonds is 5. The van der Waals surface area contributed by atoms with Crippen molar-refractivity contribution in [2.24, 2.45) is 0 Å². The molecule has 2 atom stereocenters. The van der Waals surface area contributed by atoms with E-state index in [-0.39, 0.29) is 17.5 Å². The fourth-order valence-corrected chi connectivity index (χ4v) is 5.94. The van der Waals surface area contributed by atoms with Crippen molar-refractivity contribution in [3.05, 3.63) is 89.6 Å². The van der Waals surface area contributed by atoms with Gasteiger partial charge in [-0.3, -0.25) is 14.1 Å². The van der Waals surface area contributed by atoms with Crippen LogP contribution in [0.3, 0.4) is 0 Å². The number of nitrogens with zero attached hydrogens (tertiary/aromatic N) is 5. The second-order valence-electron chi connectivity index (χ2n) is 10.6. The number of benzene rings is 2. The molecule has 1 amide bonds. The summed E-state index contributed by atoms with van der Waals surface area (Å²) in [7, 11) is 0. The van der Waals surface area contributed by atoms with Crippen LogP contribution in [0.1, 0.15) is 60.6 Å². The number of likely N-dealkylation sites (tertiary alicyclic amines) is 1. The maximum atomic E-state index is 14.4. The van der Waals surface area contributed by atoms with E-state index in [0.717, 1.165) is 42.8 Å². The van der Waals surface area contributed by atoms with Crippen LogP contribution in [0.4, 0.5) is 4.39 Å². The maximum absolute atomic E-state index is 14.4. The smallest absolute Gasteiger partial charge is 0.256 e. The Morgan fingerprint density at radius 2 is 1.81 bits per heavy atom. The van der Waals surface area contributed by atoms with Crippen LogP contribution >= 0.6 is 0 Å². The molecule has 4 aromatic rings. The molecule has 190 valence electrons. The highest BCUT2D eigenvalue weighted by Gasteiger charge is 2.39. The molecule has 6 nitrogen and oxygen atoms in total. The first kappa shape index (κ1) is 23.8. The Balaban J connectivity index is 1.31. The molecule has 4 heterocycles. The summed E-state index contributed by atoms with van der Waals surface area (Å²) in [6.45, 7) is 6.38. The van der Waals surface area contributed by atoms with Gasteiger partial charge in [-0.15, -0.1) is 0 Å². The van der Waals surface area contributed by atoms with Crippen molar-refractivity contribution in [2.45, 2.75) is 57.7 Å². The van der Waals surface area contributed by atoms with Crippen molar-refractivity contribution in [3.8, 4) is 11.3 Å². The highest BCUT2D eigenvalue weighted by Crippen LogP contribution is 2.35. The summed E-state index contributed by atoms with van der Waals surface area (Å²) < 4.78 is 16.5. The lowest BCUT2D eigenvalue weighted by Crippen LogP contribution is -2.41. The molecule has 37 heavy (non-hydrogen) atoms. The van der Waals surface area contributed by atoms with Gasteiger partial charge in [-0.2, -0.15) is 0 Å². The zero-order chi connectivity index (χ0) is 25.5. The number of fused-ring (bicyclic) bond motifs is 3. The number of amides is 1. The third-order valence-corrected chi connectivity index (χ3v) is 8.01. The van der Waals surface area contributed by atoms with Crippen LogP contribution in [-0.4, -0.2) is 55.2 Å². The number of hydrogen-bond donors (Lipinski definition) is 0. The zero-order valence-electron chi connectivity index (χ0n) is 21.3. The summed E-state index contributed by atoms with van der Waals surface area (Å²) >= 11 is 0. The molecule has 2 bridgehead atoms. The molecule has 0 saturated carbocycles. The molecule has 2 aliphatic rings. The van der Waals surface area contributed by atoms with Gasteiger partial charge in [0.05, 0.1) is 17.0 Å². The Labute approximate surface area is 216 Å². The van der Waals surface area contributed by atoms with Crippen LogP contribution in [0, 0.1) is 5.82 Å². The number of imidazole rings is 1. The van der Waals surface area contributed by atoms with Crippen molar-refractivity contribution in [1.29, 1.82) is 0 Å². The standard InChI is InChI=1S/C30H32FN5O/c1-20(2)21-8-10-22(11-9-21)28-27(35-16-5-15-32-30(35)33-28)19-36-23-12-13-24(36)18-34(17-14-23)29(37)25-6-3-4-7-26(25)31/h3-11,15-16,20,23-24H,12-14,17-19H2,1-2H3. The molecule has 7 heteroatoms. The predicted molar refractivity (Wildman–Crippen MR) is 142 cm³/mol. The lowest BCUT2D eigenvalue weighted by Gasteiger charge is -2.29. The Morgan fingerprint density at radius 1 is 1.03 bits per heavy atom. The highest BCUT2D eigenvalue weighted by atomic mass is 19.1. The van der Waals surface area contributed by atoms with Gasteiger partial charge in [-0.1, -0.05) is 50.2 Å². The van der Waals surface area contributed by atoms with Gasteiger partial charge < -0.3 is 4.90 Å². The molecule has 0 radical (unpaired) electrons. The summed E-state index contributed by atoms with van der Waals surface area (Å²) in [4.78, 5) is 27.0. The zero-order valence-corrected chi connectivity index (χ0v) is 21.3. The normalized spacial score (nSPS) is 20.1. The van der Waals surface area contributed by atoms with E-state index in [2.05, 4.69) is 52.4 Å². The molecular formula is C30H32FN5O. The first-order valence-electron chi connectivity index (χ1n) is 13.2. The molecule has 2 unspecified atom stereocenters. The van der Waals surface area contributed by atoms with Crippen LogP contribution in [0.2, 0.25) is 0 Å². The molecule has 2 fully saturated rings. The van der Waals surface area contributed by atoms with E-state index in [1.807, 2.05) is 17.2 Å². The minimum atomic E-state index is -0.454. The van der Waals surface area contributed by atoms with Crippen molar-refractivity contribution in [1.82, 2.24) is 24.2 Å². The summed E-state index contributed by atoms with van der Waals surface area (Å²) in [6, 6.07) is 17.5. The third-order valence-electron chi connectivity index (χ3n) is 8.01. The van der Waals surface area contributed by atoms with Crippen molar-refractivity contribution < 1.29 is 9.18 Å². The van der Waals surface area contributed by atoms with Gasteiger partial charge in [-0.25, -0.2) is 14.4 Å². The Kier molecular flexibility index (Phi) is 6.24. The fraction of sp³-hybridized carbons (Fsp3) is 0.367. The molecule has 0 aliphatic carbocycles. The minimum absolute atomic E-state index is 0.159. The number of hydrogen-bond acceptors (Lipinski definition) is 4. The first-order valence-corrected chi connectivity index (χ1v) is 13.2. The quantitative estimate of drug-likeness (QED) is 0.363. The number of halogens is 1. The lowest BCUT2D eigenvalue weighted by molar-refractivity contribution is 0.0730. The van der Waals surface area contributed by atoms with Gasteiger partial charge in [0.25, 0.3) is 5.91 Å². The predicted octanol–water partition coefficient (Wildman–Crippen LogP) is 5.54. The molecule has 2 saturated heterocycles. The minimum Gasteiger partial charge on any atom is -0.337 e. The van der Waals surface area contributed by atoms with Gasteiger partial charge in [0.2, 0.25) is 5.78 Å². The molecule has 2 aromatic carbocycles. The molecule has 2 aromatic heterocycles. The highest BCUT2D eigenvalue weighted by molar-refractivity contribution is 5.94. The summed E-state index contributed by atoms with van der Waals surface area (Å²) in [5, 5.41) is 0.